The predicted molar refractivity (Wildman–Crippen MR) is 142 cm³/mol. The molecule has 0 radical (unpaired) electrons. The number of likely N-dealkylation sites (N-methyl/N-ethyl adjacent to an activating group) is 1. The summed E-state index contributed by atoms with van der Waals surface area (Å²) in [4.78, 5) is 19.7. The first-order valence-electron chi connectivity index (χ1n) is 13.4. The third kappa shape index (κ3) is 5.96. The molecule has 3 heterocycles. The maximum atomic E-state index is 13.6. The number of hydrogen-bond donors (Lipinski definition) is 2. The van der Waals surface area contributed by atoms with Crippen molar-refractivity contribution in [2.24, 2.45) is 0 Å². The zero-order valence-electron chi connectivity index (χ0n) is 22.3. The van der Waals surface area contributed by atoms with Gasteiger partial charge in [-0.15, -0.1) is 0 Å². The van der Waals surface area contributed by atoms with Crippen molar-refractivity contribution in [1.82, 2.24) is 24.3 Å². The number of carbonyl (C=O) groups excluding carboxylic acids is 1. The standard InChI is InChI=1S/C26H41N5O5S/c1-4-9-30-18-22-24(27-26(33)25(22)28(3)19-30)21-17-20(7-8-23(21)36-16-5-2)37(34,35)31-13-11-29(12-14-31)10-6-15-32/h7-8,17,24,32H,4-6,9-16,18-19H2,1-3H3,(H,27,33). The van der Waals surface area contributed by atoms with Crippen molar-refractivity contribution in [2.75, 3.05) is 72.7 Å². The number of rotatable bonds is 11. The van der Waals surface area contributed by atoms with E-state index in [2.05, 4.69) is 22.0 Å². The van der Waals surface area contributed by atoms with E-state index in [1.54, 1.807) is 18.2 Å². The van der Waals surface area contributed by atoms with Crippen LogP contribution in [0, 0.1) is 0 Å². The van der Waals surface area contributed by atoms with Gasteiger partial charge in [0.1, 0.15) is 11.4 Å². The van der Waals surface area contributed by atoms with Gasteiger partial charge in [-0.25, -0.2) is 8.42 Å². The third-order valence-electron chi connectivity index (χ3n) is 7.23. The van der Waals surface area contributed by atoms with E-state index in [4.69, 9.17) is 9.84 Å². The lowest BCUT2D eigenvalue weighted by Gasteiger charge is -2.35. The summed E-state index contributed by atoms with van der Waals surface area (Å²) in [6.07, 6.45) is 2.51. The van der Waals surface area contributed by atoms with Gasteiger partial charge in [0.05, 0.1) is 24.2 Å². The monoisotopic (exact) mass is 535 g/mol. The van der Waals surface area contributed by atoms with Gasteiger partial charge in [-0.2, -0.15) is 4.31 Å². The van der Waals surface area contributed by atoms with Gasteiger partial charge in [0.2, 0.25) is 10.0 Å². The molecule has 1 atom stereocenters. The normalized spacial score (nSPS) is 21.9. The molecule has 0 bridgehead atoms. The molecule has 37 heavy (non-hydrogen) atoms. The maximum absolute atomic E-state index is 13.6. The molecule has 4 rings (SSSR count). The molecule has 0 saturated carbocycles. The van der Waals surface area contributed by atoms with Gasteiger partial charge in [-0.3, -0.25) is 9.69 Å². The molecule has 1 aromatic carbocycles. The molecule has 3 aliphatic heterocycles. The van der Waals surface area contributed by atoms with Crippen molar-refractivity contribution in [3.8, 4) is 5.75 Å². The van der Waals surface area contributed by atoms with Gasteiger partial charge in [0, 0.05) is 58.5 Å². The number of benzene rings is 1. The Morgan fingerprint density at radius 2 is 1.84 bits per heavy atom. The van der Waals surface area contributed by atoms with Crippen LogP contribution in [-0.4, -0.2) is 111 Å². The first-order chi connectivity index (χ1) is 17.8. The quantitative estimate of drug-likeness (QED) is 0.436. The van der Waals surface area contributed by atoms with E-state index in [9.17, 15) is 13.2 Å². The van der Waals surface area contributed by atoms with Crippen LogP contribution >= 0.6 is 0 Å². The van der Waals surface area contributed by atoms with Crippen molar-refractivity contribution in [1.29, 1.82) is 0 Å². The summed E-state index contributed by atoms with van der Waals surface area (Å²) >= 11 is 0. The van der Waals surface area contributed by atoms with Gasteiger partial charge in [0.15, 0.2) is 0 Å². The average Bonchev–Trinajstić information content (AvgIpc) is 3.22. The van der Waals surface area contributed by atoms with Crippen LogP contribution in [0.4, 0.5) is 0 Å². The first-order valence-corrected chi connectivity index (χ1v) is 14.8. The smallest absolute Gasteiger partial charge is 0.268 e. The number of nitrogens with one attached hydrogen (secondary N) is 1. The lowest BCUT2D eigenvalue weighted by Crippen LogP contribution is -2.48. The van der Waals surface area contributed by atoms with Crippen molar-refractivity contribution in [3.05, 3.63) is 35.0 Å². The highest BCUT2D eigenvalue weighted by Crippen LogP contribution is 2.40. The highest BCUT2D eigenvalue weighted by atomic mass is 32.2. The number of hydrogen-bond acceptors (Lipinski definition) is 8. The first kappa shape index (κ1) is 27.8. The van der Waals surface area contributed by atoms with Gasteiger partial charge in [-0.1, -0.05) is 13.8 Å². The van der Waals surface area contributed by atoms with E-state index >= 15 is 0 Å². The fourth-order valence-corrected chi connectivity index (χ4v) is 6.90. The molecular weight excluding hydrogens is 494 g/mol. The summed E-state index contributed by atoms with van der Waals surface area (Å²) < 4.78 is 34.9. The second-order valence-corrected chi connectivity index (χ2v) is 12.0. The summed E-state index contributed by atoms with van der Waals surface area (Å²) in [5, 5.41) is 12.2. The van der Waals surface area contributed by atoms with E-state index < -0.39 is 16.1 Å². The van der Waals surface area contributed by atoms with Crippen LogP contribution in [0.5, 0.6) is 5.75 Å². The zero-order valence-corrected chi connectivity index (χ0v) is 23.1. The second-order valence-electron chi connectivity index (χ2n) is 10.0. The van der Waals surface area contributed by atoms with E-state index in [0.717, 1.165) is 31.5 Å². The minimum absolute atomic E-state index is 0.132. The third-order valence-corrected chi connectivity index (χ3v) is 9.12. The van der Waals surface area contributed by atoms with Crippen LogP contribution in [0.15, 0.2) is 34.4 Å². The fourth-order valence-electron chi connectivity index (χ4n) is 5.44. The van der Waals surface area contributed by atoms with Crippen molar-refractivity contribution < 1.29 is 23.1 Å². The highest BCUT2D eigenvalue weighted by molar-refractivity contribution is 7.89. The number of piperazine rings is 1. The number of aliphatic hydroxyl groups excluding tert-OH is 1. The molecule has 0 aliphatic carbocycles. The Balaban J connectivity index is 1.65. The van der Waals surface area contributed by atoms with Gasteiger partial charge in [0.25, 0.3) is 5.91 Å². The lowest BCUT2D eigenvalue weighted by molar-refractivity contribution is -0.118. The Labute approximate surface area is 220 Å². The van der Waals surface area contributed by atoms with Crippen molar-refractivity contribution >= 4 is 15.9 Å². The van der Waals surface area contributed by atoms with Crippen LogP contribution in [0.1, 0.15) is 44.7 Å². The minimum Gasteiger partial charge on any atom is -0.493 e. The Bertz CT molecular complexity index is 1100. The number of sulfonamides is 1. The van der Waals surface area contributed by atoms with Crippen LogP contribution in [-0.2, 0) is 14.8 Å². The SMILES string of the molecule is CCCOc1ccc(S(=O)(=O)N2CCN(CCCO)CC2)cc1C1NC(=O)C2=C1CN(CCC)CN2C. The molecule has 1 saturated heterocycles. The predicted octanol–water partition coefficient (Wildman–Crippen LogP) is 1.20. The molecule has 0 spiro atoms. The Morgan fingerprint density at radius 1 is 1.08 bits per heavy atom. The van der Waals surface area contributed by atoms with E-state index in [1.165, 1.54) is 4.31 Å². The molecule has 11 heteroatoms. The molecule has 1 aromatic rings. The number of amides is 1. The summed E-state index contributed by atoms with van der Waals surface area (Å²) in [7, 11) is -1.79. The largest absolute Gasteiger partial charge is 0.493 e. The maximum Gasteiger partial charge on any atom is 0.268 e. The Kier molecular flexibility index (Phi) is 9.12. The molecule has 10 nitrogen and oxygen atoms in total. The average molecular weight is 536 g/mol. The zero-order chi connectivity index (χ0) is 26.6. The number of nitrogens with zero attached hydrogens (tertiary/aromatic N) is 4. The van der Waals surface area contributed by atoms with Crippen LogP contribution < -0.4 is 10.1 Å². The number of ether oxygens (including phenoxy) is 1. The summed E-state index contributed by atoms with van der Waals surface area (Å²) in [5.41, 5.74) is 2.31. The minimum atomic E-state index is -3.72. The number of carbonyl (C=O) groups is 1. The molecule has 206 valence electrons. The molecular formula is C26H41N5O5S. The van der Waals surface area contributed by atoms with E-state index in [-0.39, 0.29) is 17.4 Å². The van der Waals surface area contributed by atoms with Gasteiger partial charge < -0.3 is 25.0 Å². The molecule has 2 N–H and O–H groups in total. The van der Waals surface area contributed by atoms with Crippen LogP contribution in [0.2, 0.25) is 0 Å². The van der Waals surface area contributed by atoms with E-state index in [0.29, 0.717) is 69.4 Å². The second kappa shape index (κ2) is 12.1. The summed E-state index contributed by atoms with van der Waals surface area (Å²) in [6.45, 7) is 9.90. The highest BCUT2D eigenvalue weighted by Gasteiger charge is 2.40. The fraction of sp³-hybridized carbons (Fsp3) is 0.654. The molecule has 1 fully saturated rings. The molecule has 1 unspecified atom stereocenters. The van der Waals surface area contributed by atoms with Crippen LogP contribution in [0.25, 0.3) is 0 Å². The van der Waals surface area contributed by atoms with Gasteiger partial charge in [-0.05, 0) is 49.6 Å². The van der Waals surface area contributed by atoms with E-state index in [1.807, 2.05) is 18.9 Å². The lowest BCUT2D eigenvalue weighted by atomic mass is 9.97. The summed E-state index contributed by atoms with van der Waals surface area (Å²) in [5.74, 6) is 0.469. The molecule has 0 aromatic heterocycles. The van der Waals surface area contributed by atoms with Crippen LogP contribution in [0.3, 0.4) is 0 Å². The Hall–Kier alpha value is -2.18. The topological polar surface area (TPSA) is 106 Å². The molecule has 1 amide bonds. The van der Waals surface area contributed by atoms with Crippen molar-refractivity contribution in [3.63, 3.8) is 0 Å². The van der Waals surface area contributed by atoms with Gasteiger partial charge >= 0.3 is 0 Å². The Morgan fingerprint density at radius 3 is 2.51 bits per heavy atom. The van der Waals surface area contributed by atoms with Crippen molar-refractivity contribution in [2.45, 2.75) is 44.0 Å². The number of aliphatic hydroxyl groups is 1. The summed E-state index contributed by atoms with van der Waals surface area (Å²) in [6, 6.07) is 4.60. The molecule has 3 aliphatic rings.